The predicted octanol–water partition coefficient (Wildman–Crippen LogP) is 2.46. The highest BCUT2D eigenvalue weighted by molar-refractivity contribution is 14.1. The van der Waals surface area contributed by atoms with Crippen molar-refractivity contribution in [3.05, 3.63) is 67.6 Å². The summed E-state index contributed by atoms with van der Waals surface area (Å²) in [5.41, 5.74) is 2.43. The van der Waals surface area contributed by atoms with Gasteiger partial charge in [0.15, 0.2) is 0 Å². The van der Waals surface area contributed by atoms with Crippen molar-refractivity contribution in [2.45, 2.75) is 13.5 Å². The van der Waals surface area contributed by atoms with Gasteiger partial charge in [-0.15, -0.1) is 0 Å². The van der Waals surface area contributed by atoms with Gasteiger partial charge in [0.2, 0.25) is 0 Å². The van der Waals surface area contributed by atoms with Crippen LogP contribution in [-0.2, 0) is 13.7 Å². The quantitative estimate of drug-likeness (QED) is 0.607. The van der Waals surface area contributed by atoms with Crippen molar-refractivity contribution < 1.29 is 4.74 Å². The molecule has 23 heavy (non-hydrogen) atoms. The van der Waals surface area contributed by atoms with Gasteiger partial charge in [-0.1, -0.05) is 18.2 Å². The molecule has 3 aromatic rings. The van der Waals surface area contributed by atoms with Gasteiger partial charge in [-0.05, 0) is 69.8 Å². The van der Waals surface area contributed by atoms with E-state index in [1.54, 1.807) is 7.05 Å². The minimum Gasteiger partial charge on any atom is -0.489 e. The maximum atomic E-state index is 12.1. The van der Waals surface area contributed by atoms with Gasteiger partial charge in [-0.25, -0.2) is 4.79 Å². The van der Waals surface area contributed by atoms with E-state index in [1.807, 2.05) is 49.4 Å². The Balaban J connectivity index is 1.96. The zero-order chi connectivity index (χ0) is 16.4. The van der Waals surface area contributed by atoms with Crippen molar-refractivity contribution in [3.8, 4) is 11.4 Å². The number of aromatic nitrogens is 4. The number of hydrogen-bond acceptors (Lipinski definition) is 4. The van der Waals surface area contributed by atoms with Crippen molar-refractivity contribution in [2.24, 2.45) is 7.05 Å². The number of halogens is 1. The van der Waals surface area contributed by atoms with Gasteiger partial charge in [-0.3, -0.25) is 0 Å². The third-order valence-electron chi connectivity index (χ3n) is 3.42. The molecule has 118 valence electrons. The van der Waals surface area contributed by atoms with Gasteiger partial charge in [0.25, 0.3) is 0 Å². The molecular weight excluding hydrogens is 407 g/mol. The SMILES string of the molecule is Cc1cccc(OCc2c(I)cccc2-n2nnn(C)c2=O)c1. The molecule has 0 aliphatic carbocycles. The highest BCUT2D eigenvalue weighted by Gasteiger charge is 2.14. The van der Waals surface area contributed by atoms with E-state index in [0.29, 0.717) is 12.3 Å². The number of nitrogens with zero attached hydrogens (tertiary/aromatic N) is 4. The molecule has 0 bridgehead atoms. The summed E-state index contributed by atoms with van der Waals surface area (Å²) >= 11 is 2.23. The van der Waals surface area contributed by atoms with Crippen molar-refractivity contribution in [3.63, 3.8) is 0 Å². The van der Waals surface area contributed by atoms with Crippen LogP contribution in [0.1, 0.15) is 11.1 Å². The van der Waals surface area contributed by atoms with Gasteiger partial charge < -0.3 is 4.74 Å². The van der Waals surface area contributed by atoms with Crippen LogP contribution in [0.25, 0.3) is 5.69 Å². The largest absolute Gasteiger partial charge is 0.489 e. The highest BCUT2D eigenvalue weighted by atomic mass is 127. The molecule has 0 N–H and O–H groups in total. The zero-order valence-electron chi connectivity index (χ0n) is 12.7. The Morgan fingerprint density at radius 2 is 1.96 bits per heavy atom. The number of ether oxygens (including phenoxy) is 1. The molecule has 0 spiro atoms. The number of hydrogen-bond donors (Lipinski definition) is 0. The fourth-order valence-corrected chi connectivity index (χ4v) is 2.85. The first-order chi connectivity index (χ1) is 11.1. The molecule has 1 heterocycles. The van der Waals surface area contributed by atoms with E-state index in [-0.39, 0.29) is 5.69 Å². The second kappa shape index (κ2) is 6.53. The lowest BCUT2D eigenvalue weighted by Crippen LogP contribution is -2.23. The Bertz CT molecular complexity index is 901. The standard InChI is InChI=1S/C16H15IN4O2/c1-11-5-3-6-12(9-11)23-10-13-14(17)7-4-8-15(13)21-16(22)20(2)18-19-21/h3-9H,10H2,1-2H3. The van der Waals surface area contributed by atoms with E-state index in [1.165, 1.54) is 9.36 Å². The average molecular weight is 422 g/mol. The molecule has 0 amide bonds. The Labute approximate surface area is 146 Å². The predicted molar refractivity (Wildman–Crippen MR) is 94.8 cm³/mol. The van der Waals surface area contributed by atoms with Crippen molar-refractivity contribution in [1.82, 2.24) is 19.8 Å². The van der Waals surface area contributed by atoms with E-state index in [4.69, 9.17) is 4.74 Å². The normalized spacial score (nSPS) is 10.7. The molecule has 0 atom stereocenters. The van der Waals surface area contributed by atoms with Gasteiger partial charge in [0.05, 0.1) is 5.69 Å². The topological polar surface area (TPSA) is 61.9 Å². The number of tetrazole rings is 1. The van der Waals surface area contributed by atoms with Gasteiger partial charge >= 0.3 is 5.69 Å². The number of benzene rings is 2. The van der Waals surface area contributed by atoms with Crippen LogP contribution < -0.4 is 10.4 Å². The van der Waals surface area contributed by atoms with E-state index < -0.39 is 0 Å². The lowest BCUT2D eigenvalue weighted by atomic mass is 10.2. The van der Waals surface area contributed by atoms with Crippen LogP contribution in [0.2, 0.25) is 0 Å². The van der Waals surface area contributed by atoms with Gasteiger partial charge in [-0.2, -0.15) is 9.36 Å². The summed E-state index contributed by atoms with van der Waals surface area (Å²) in [7, 11) is 1.57. The van der Waals surface area contributed by atoms with Crippen LogP contribution in [0.3, 0.4) is 0 Å². The molecule has 0 saturated heterocycles. The van der Waals surface area contributed by atoms with Gasteiger partial charge in [0, 0.05) is 16.2 Å². The molecule has 0 saturated carbocycles. The first-order valence-electron chi connectivity index (χ1n) is 7.02. The van der Waals surface area contributed by atoms with Crippen LogP contribution >= 0.6 is 22.6 Å². The summed E-state index contributed by atoms with van der Waals surface area (Å²) in [6.07, 6.45) is 0. The first-order valence-corrected chi connectivity index (χ1v) is 8.10. The summed E-state index contributed by atoms with van der Waals surface area (Å²) in [6, 6.07) is 13.6. The maximum absolute atomic E-state index is 12.1. The third kappa shape index (κ3) is 3.29. The average Bonchev–Trinajstić information content (AvgIpc) is 2.86. The fraction of sp³-hybridized carbons (Fsp3) is 0.188. The summed E-state index contributed by atoms with van der Waals surface area (Å²) in [6.45, 7) is 2.37. The Hall–Kier alpha value is -2.16. The van der Waals surface area contributed by atoms with E-state index >= 15 is 0 Å². The van der Waals surface area contributed by atoms with Crippen LogP contribution in [0.4, 0.5) is 0 Å². The first kappa shape index (κ1) is 15.7. The van der Waals surface area contributed by atoms with Crippen LogP contribution in [0, 0.1) is 10.5 Å². The second-order valence-electron chi connectivity index (χ2n) is 5.14. The van der Waals surface area contributed by atoms with Gasteiger partial charge in [0.1, 0.15) is 12.4 Å². The van der Waals surface area contributed by atoms with Crippen LogP contribution in [0.5, 0.6) is 5.75 Å². The second-order valence-corrected chi connectivity index (χ2v) is 6.30. The molecule has 0 aliphatic rings. The summed E-state index contributed by atoms with van der Waals surface area (Å²) < 4.78 is 9.38. The number of rotatable bonds is 4. The fourth-order valence-electron chi connectivity index (χ4n) is 2.21. The highest BCUT2D eigenvalue weighted by Crippen LogP contribution is 2.22. The molecular formula is C16H15IN4O2. The van der Waals surface area contributed by atoms with Crippen molar-refractivity contribution in [1.29, 1.82) is 0 Å². The molecule has 2 aromatic carbocycles. The molecule has 0 unspecified atom stereocenters. The molecule has 0 fully saturated rings. The monoisotopic (exact) mass is 422 g/mol. The van der Waals surface area contributed by atoms with E-state index in [0.717, 1.165) is 20.4 Å². The van der Waals surface area contributed by atoms with Crippen molar-refractivity contribution >= 4 is 22.6 Å². The summed E-state index contributed by atoms with van der Waals surface area (Å²) in [5.74, 6) is 0.794. The summed E-state index contributed by atoms with van der Waals surface area (Å²) in [4.78, 5) is 12.1. The Morgan fingerprint density at radius 1 is 1.17 bits per heavy atom. The zero-order valence-corrected chi connectivity index (χ0v) is 14.9. The Kier molecular flexibility index (Phi) is 4.46. The minimum atomic E-state index is -0.288. The smallest absolute Gasteiger partial charge is 0.368 e. The van der Waals surface area contributed by atoms with Crippen LogP contribution in [0.15, 0.2) is 47.3 Å². The molecule has 0 aliphatic heterocycles. The van der Waals surface area contributed by atoms with Crippen LogP contribution in [-0.4, -0.2) is 19.8 Å². The third-order valence-corrected chi connectivity index (χ3v) is 4.43. The Morgan fingerprint density at radius 3 is 2.65 bits per heavy atom. The van der Waals surface area contributed by atoms with E-state index in [9.17, 15) is 4.79 Å². The minimum absolute atomic E-state index is 0.288. The summed E-state index contributed by atoms with van der Waals surface area (Å²) in [5, 5.41) is 7.68. The molecule has 1 aromatic heterocycles. The molecule has 7 heteroatoms. The molecule has 3 rings (SSSR count). The maximum Gasteiger partial charge on any atom is 0.368 e. The molecule has 0 radical (unpaired) electrons. The van der Waals surface area contributed by atoms with Crippen molar-refractivity contribution in [2.75, 3.05) is 0 Å². The van der Waals surface area contributed by atoms with E-state index in [2.05, 4.69) is 33.0 Å². The lowest BCUT2D eigenvalue weighted by Gasteiger charge is -2.12. The lowest BCUT2D eigenvalue weighted by molar-refractivity contribution is 0.304. The number of aryl methyl sites for hydroxylation is 2. The molecule has 6 nitrogen and oxygen atoms in total.